The molecule has 1 amide bonds. The zero-order valence-electron chi connectivity index (χ0n) is 12.8. The lowest BCUT2D eigenvalue weighted by Crippen LogP contribution is -2.44. The maximum absolute atomic E-state index is 12.0. The van der Waals surface area contributed by atoms with Crippen molar-refractivity contribution < 1.29 is 4.79 Å². The van der Waals surface area contributed by atoms with Gasteiger partial charge in [-0.1, -0.05) is 19.1 Å². The van der Waals surface area contributed by atoms with E-state index in [-0.39, 0.29) is 48.7 Å². The maximum Gasteiger partial charge on any atom is 0.224 e. The summed E-state index contributed by atoms with van der Waals surface area (Å²) in [5.74, 6) is -0.0912. The summed E-state index contributed by atoms with van der Waals surface area (Å²) in [5, 5.41) is 3.10. The topological polar surface area (TPSA) is 58.4 Å². The van der Waals surface area contributed by atoms with Crippen LogP contribution in [0.3, 0.4) is 0 Å². The fourth-order valence-electron chi connectivity index (χ4n) is 2.38. The van der Waals surface area contributed by atoms with Gasteiger partial charge in [-0.15, -0.1) is 24.8 Å². The third-order valence-electron chi connectivity index (χ3n) is 3.93. The van der Waals surface area contributed by atoms with Crippen LogP contribution in [-0.2, 0) is 4.79 Å². The molecular weight excluding hydrogens is 389 g/mol. The van der Waals surface area contributed by atoms with Gasteiger partial charge in [0.15, 0.2) is 0 Å². The number of benzene rings is 1. The average molecular weight is 413 g/mol. The molecule has 1 aliphatic rings. The first kappa shape index (κ1) is 21.5. The third kappa shape index (κ3) is 5.30. The highest BCUT2D eigenvalue weighted by molar-refractivity contribution is 9.10. The van der Waals surface area contributed by atoms with E-state index < -0.39 is 0 Å². The molecule has 0 saturated carbocycles. The Labute approximate surface area is 153 Å². The molecule has 1 heterocycles. The SMILES string of the molecule is CC(N)C(C)C(=O)NC1CCN(c2ccccc2Br)C1.Cl.Cl. The van der Waals surface area contributed by atoms with Crippen molar-refractivity contribution in [3.63, 3.8) is 0 Å². The van der Waals surface area contributed by atoms with Gasteiger partial charge >= 0.3 is 0 Å². The van der Waals surface area contributed by atoms with E-state index in [1.807, 2.05) is 32.0 Å². The molecule has 0 bridgehead atoms. The Balaban J connectivity index is 0.00000220. The van der Waals surface area contributed by atoms with Gasteiger partial charge < -0.3 is 16.0 Å². The van der Waals surface area contributed by atoms with Crippen LogP contribution < -0.4 is 16.0 Å². The summed E-state index contributed by atoms with van der Waals surface area (Å²) in [7, 11) is 0. The lowest BCUT2D eigenvalue weighted by molar-refractivity contribution is -0.125. The van der Waals surface area contributed by atoms with Crippen molar-refractivity contribution in [1.82, 2.24) is 5.32 Å². The van der Waals surface area contributed by atoms with E-state index in [1.165, 1.54) is 5.69 Å². The Kier molecular flexibility index (Phi) is 9.39. The summed E-state index contributed by atoms with van der Waals surface area (Å²) in [6, 6.07) is 8.27. The fraction of sp³-hybridized carbons (Fsp3) is 0.533. The molecule has 2 rings (SSSR count). The number of anilines is 1. The monoisotopic (exact) mass is 411 g/mol. The number of nitrogens with two attached hydrogens (primary N) is 1. The Hall–Kier alpha value is -0.490. The van der Waals surface area contributed by atoms with E-state index in [1.54, 1.807) is 0 Å². The summed E-state index contributed by atoms with van der Waals surface area (Å²) >= 11 is 3.57. The summed E-state index contributed by atoms with van der Waals surface area (Å²) in [4.78, 5) is 14.3. The van der Waals surface area contributed by atoms with Gasteiger partial charge in [0.1, 0.15) is 0 Å². The number of para-hydroxylation sites is 1. The first-order chi connectivity index (χ1) is 9.49. The van der Waals surface area contributed by atoms with Gasteiger partial charge in [0.05, 0.1) is 5.69 Å². The minimum atomic E-state index is -0.146. The van der Waals surface area contributed by atoms with Crippen molar-refractivity contribution in [2.45, 2.75) is 32.4 Å². The highest BCUT2D eigenvalue weighted by Crippen LogP contribution is 2.28. The average Bonchev–Trinajstić information content (AvgIpc) is 2.86. The molecule has 3 N–H and O–H groups in total. The summed E-state index contributed by atoms with van der Waals surface area (Å²) < 4.78 is 1.09. The van der Waals surface area contributed by atoms with Crippen LogP contribution in [0.15, 0.2) is 28.7 Å². The molecule has 1 aromatic rings. The van der Waals surface area contributed by atoms with Crippen LogP contribution >= 0.6 is 40.7 Å². The molecule has 7 heteroatoms. The number of nitrogens with one attached hydrogen (secondary N) is 1. The molecule has 0 aromatic heterocycles. The van der Waals surface area contributed by atoms with Gasteiger partial charge in [-0.05, 0) is 41.4 Å². The largest absolute Gasteiger partial charge is 0.368 e. The van der Waals surface area contributed by atoms with Gasteiger partial charge in [-0.25, -0.2) is 0 Å². The van der Waals surface area contributed by atoms with Crippen molar-refractivity contribution in [2.75, 3.05) is 18.0 Å². The van der Waals surface area contributed by atoms with E-state index in [2.05, 4.69) is 32.2 Å². The third-order valence-corrected chi connectivity index (χ3v) is 4.60. The zero-order valence-corrected chi connectivity index (χ0v) is 16.0. The zero-order chi connectivity index (χ0) is 14.7. The van der Waals surface area contributed by atoms with Gasteiger partial charge in [-0.2, -0.15) is 0 Å². The molecule has 0 spiro atoms. The Morgan fingerprint density at radius 2 is 2.00 bits per heavy atom. The molecular formula is C15H24BrCl2N3O. The standard InChI is InChI=1S/C15H22BrN3O.2ClH/c1-10(11(2)17)15(20)18-12-7-8-19(9-12)14-6-4-3-5-13(14)16;;/h3-6,10-12H,7-9,17H2,1-2H3,(H,18,20);2*1H. The molecule has 3 atom stereocenters. The number of halogens is 3. The van der Waals surface area contributed by atoms with Crippen molar-refractivity contribution in [3.05, 3.63) is 28.7 Å². The molecule has 1 aliphatic heterocycles. The van der Waals surface area contributed by atoms with Gasteiger partial charge in [0.2, 0.25) is 5.91 Å². The second-order valence-electron chi connectivity index (χ2n) is 5.54. The normalized spacial score (nSPS) is 19.6. The number of hydrogen-bond acceptors (Lipinski definition) is 3. The Morgan fingerprint density at radius 1 is 1.36 bits per heavy atom. The first-order valence-electron chi connectivity index (χ1n) is 7.04. The van der Waals surface area contributed by atoms with Crippen LogP contribution in [0.4, 0.5) is 5.69 Å². The number of nitrogens with zero attached hydrogens (tertiary/aromatic N) is 1. The number of carbonyl (C=O) groups excluding carboxylic acids is 1. The number of carbonyl (C=O) groups is 1. The second-order valence-corrected chi connectivity index (χ2v) is 6.39. The predicted molar refractivity (Wildman–Crippen MR) is 100 cm³/mol. The second kappa shape index (κ2) is 9.60. The number of amides is 1. The van der Waals surface area contributed by atoms with Crippen molar-refractivity contribution in [1.29, 1.82) is 0 Å². The smallest absolute Gasteiger partial charge is 0.224 e. The van der Waals surface area contributed by atoms with E-state index >= 15 is 0 Å². The maximum atomic E-state index is 12.0. The molecule has 4 nitrogen and oxygen atoms in total. The lowest BCUT2D eigenvalue weighted by Gasteiger charge is -2.22. The van der Waals surface area contributed by atoms with Crippen LogP contribution in [0.1, 0.15) is 20.3 Å². The number of rotatable bonds is 4. The molecule has 1 fully saturated rings. The minimum Gasteiger partial charge on any atom is -0.368 e. The van der Waals surface area contributed by atoms with E-state index in [4.69, 9.17) is 5.73 Å². The molecule has 1 aromatic carbocycles. The van der Waals surface area contributed by atoms with E-state index in [0.29, 0.717) is 0 Å². The van der Waals surface area contributed by atoms with Gasteiger partial charge in [0, 0.05) is 35.6 Å². The molecule has 0 radical (unpaired) electrons. The lowest BCUT2D eigenvalue weighted by atomic mass is 10.0. The van der Waals surface area contributed by atoms with Crippen molar-refractivity contribution in [2.24, 2.45) is 11.7 Å². The first-order valence-corrected chi connectivity index (χ1v) is 7.83. The quantitative estimate of drug-likeness (QED) is 0.799. The molecule has 126 valence electrons. The van der Waals surface area contributed by atoms with Gasteiger partial charge in [-0.3, -0.25) is 4.79 Å². The summed E-state index contributed by atoms with van der Waals surface area (Å²) in [6.45, 7) is 5.55. The Morgan fingerprint density at radius 3 is 2.59 bits per heavy atom. The van der Waals surface area contributed by atoms with Crippen LogP contribution in [-0.4, -0.2) is 31.1 Å². The summed E-state index contributed by atoms with van der Waals surface area (Å²) in [5.41, 5.74) is 6.96. The van der Waals surface area contributed by atoms with Crippen LogP contribution in [0.5, 0.6) is 0 Å². The highest BCUT2D eigenvalue weighted by Gasteiger charge is 2.27. The van der Waals surface area contributed by atoms with Crippen LogP contribution in [0.25, 0.3) is 0 Å². The van der Waals surface area contributed by atoms with E-state index in [0.717, 1.165) is 24.0 Å². The molecule has 3 unspecified atom stereocenters. The van der Waals surface area contributed by atoms with Gasteiger partial charge in [0.25, 0.3) is 0 Å². The fourth-order valence-corrected chi connectivity index (χ4v) is 2.91. The number of hydrogen-bond donors (Lipinski definition) is 2. The predicted octanol–water partition coefficient (Wildman–Crippen LogP) is 2.97. The molecule has 0 aliphatic carbocycles. The van der Waals surface area contributed by atoms with Crippen molar-refractivity contribution in [3.8, 4) is 0 Å². The minimum absolute atomic E-state index is 0. The Bertz CT molecular complexity index is 488. The van der Waals surface area contributed by atoms with Crippen molar-refractivity contribution >= 4 is 52.3 Å². The summed E-state index contributed by atoms with van der Waals surface area (Å²) in [6.07, 6.45) is 0.971. The highest BCUT2D eigenvalue weighted by atomic mass is 79.9. The van der Waals surface area contributed by atoms with Crippen LogP contribution in [0.2, 0.25) is 0 Å². The molecule has 1 saturated heterocycles. The molecule has 22 heavy (non-hydrogen) atoms. The van der Waals surface area contributed by atoms with Crippen LogP contribution in [0, 0.1) is 5.92 Å². The van der Waals surface area contributed by atoms with E-state index in [9.17, 15) is 4.79 Å².